The third kappa shape index (κ3) is 2.23. The number of alkyl halides is 2. The summed E-state index contributed by atoms with van der Waals surface area (Å²) in [5, 5.41) is -0.964. The van der Waals surface area contributed by atoms with Gasteiger partial charge in [-0.2, -0.15) is 0 Å². The summed E-state index contributed by atoms with van der Waals surface area (Å²) >= 11 is 5.22. The van der Waals surface area contributed by atoms with Gasteiger partial charge in [-0.15, -0.1) is 0 Å². The third-order valence-electron chi connectivity index (χ3n) is 1.94. The second kappa shape index (κ2) is 4.53. The highest BCUT2D eigenvalue weighted by Gasteiger charge is 2.23. The number of nitrogens with zero attached hydrogens (tertiary/aromatic N) is 1. The van der Waals surface area contributed by atoms with E-state index in [1.54, 1.807) is 0 Å². The summed E-state index contributed by atoms with van der Waals surface area (Å²) in [6, 6.07) is 0. The second-order valence-electron chi connectivity index (χ2n) is 2.79. The van der Waals surface area contributed by atoms with Crippen molar-refractivity contribution in [2.45, 2.75) is 13.3 Å². The van der Waals surface area contributed by atoms with E-state index >= 15 is 0 Å². The maximum absolute atomic E-state index is 12.5. The molecular weight excluding hydrogens is 228 g/mol. The summed E-state index contributed by atoms with van der Waals surface area (Å²) in [4.78, 5) is 14.4. The molecule has 0 atom stereocenters. The van der Waals surface area contributed by atoms with Crippen LogP contribution in [0.2, 0.25) is 0 Å². The second-order valence-corrected chi connectivity index (χ2v) is 3.13. The van der Waals surface area contributed by atoms with Gasteiger partial charge in [0.05, 0.1) is 18.9 Å². The van der Waals surface area contributed by atoms with Crippen LogP contribution in [0.1, 0.15) is 28.0 Å². The quantitative estimate of drug-likeness (QED) is 0.756. The minimum absolute atomic E-state index is 0.253. The van der Waals surface area contributed by atoms with Crippen molar-refractivity contribution in [2.75, 3.05) is 7.11 Å². The molecule has 3 nitrogen and oxygen atoms in total. The van der Waals surface area contributed by atoms with Gasteiger partial charge in [-0.25, -0.2) is 8.78 Å². The molecule has 0 amide bonds. The average molecular weight is 236 g/mol. The first-order chi connectivity index (χ1) is 6.99. The normalized spacial score (nSPS) is 10.5. The van der Waals surface area contributed by atoms with Gasteiger partial charge in [-0.3, -0.25) is 9.78 Å². The largest absolute Gasteiger partial charge is 0.495 e. The van der Waals surface area contributed by atoms with E-state index in [0.29, 0.717) is 0 Å². The van der Waals surface area contributed by atoms with Gasteiger partial charge in [0.2, 0.25) is 0 Å². The summed E-state index contributed by atoms with van der Waals surface area (Å²) in [7, 11) is 1.36. The SMILES string of the molecule is COc1cnc(C(F)F)c(C(=O)Cl)c1C. The molecule has 0 aliphatic heterocycles. The lowest BCUT2D eigenvalue weighted by Crippen LogP contribution is -2.06. The standard InChI is InChI=1S/C9H8ClF2NO2/c1-4-5(15-2)3-13-7(9(11)12)6(4)8(10)14/h3,9H,1-2H3. The number of hydrogen-bond donors (Lipinski definition) is 0. The molecule has 0 saturated carbocycles. The number of carbonyl (C=O) groups excluding carboxylic acids is 1. The highest BCUT2D eigenvalue weighted by Crippen LogP contribution is 2.29. The van der Waals surface area contributed by atoms with Crippen molar-refractivity contribution in [3.63, 3.8) is 0 Å². The molecule has 1 rings (SSSR count). The highest BCUT2D eigenvalue weighted by atomic mass is 35.5. The predicted molar refractivity (Wildman–Crippen MR) is 50.7 cm³/mol. The van der Waals surface area contributed by atoms with Crippen molar-refractivity contribution in [1.29, 1.82) is 0 Å². The number of carbonyl (C=O) groups is 1. The first-order valence-electron chi connectivity index (χ1n) is 4.00. The van der Waals surface area contributed by atoms with E-state index in [4.69, 9.17) is 16.3 Å². The molecule has 1 aromatic rings. The van der Waals surface area contributed by atoms with Crippen molar-refractivity contribution in [3.05, 3.63) is 23.0 Å². The smallest absolute Gasteiger partial charge is 0.281 e. The fourth-order valence-electron chi connectivity index (χ4n) is 1.22. The Bertz CT molecular complexity index is 396. The van der Waals surface area contributed by atoms with Crippen LogP contribution in [-0.2, 0) is 0 Å². The molecular formula is C9H8ClF2NO2. The Labute approximate surface area is 90.0 Å². The van der Waals surface area contributed by atoms with Crippen LogP contribution < -0.4 is 4.74 Å². The van der Waals surface area contributed by atoms with Crippen LogP contribution in [0.15, 0.2) is 6.20 Å². The molecule has 0 bridgehead atoms. The van der Waals surface area contributed by atoms with E-state index in [9.17, 15) is 13.6 Å². The van der Waals surface area contributed by atoms with Crippen molar-refractivity contribution in [1.82, 2.24) is 4.98 Å². The Balaban J connectivity index is 3.44. The summed E-state index contributed by atoms with van der Waals surface area (Å²) in [6.45, 7) is 1.47. The summed E-state index contributed by atoms with van der Waals surface area (Å²) < 4.78 is 29.8. The van der Waals surface area contributed by atoms with Gasteiger partial charge in [0, 0.05) is 5.56 Å². The van der Waals surface area contributed by atoms with Crippen LogP contribution in [0.3, 0.4) is 0 Å². The zero-order valence-electron chi connectivity index (χ0n) is 8.05. The van der Waals surface area contributed by atoms with E-state index in [-0.39, 0.29) is 16.9 Å². The monoisotopic (exact) mass is 235 g/mol. The third-order valence-corrected chi connectivity index (χ3v) is 2.13. The lowest BCUT2D eigenvalue weighted by molar-refractivity contribution is 0.106. The number of hydrogen-bond acceptors (Lipinski definition) is 3. The van der Waals surface area contributed by atoms with Crippen molar-refractivity contribution >= 4 is 16.8 Å². The predicted octanol–water partition coefficient (Wildman–Crippen LogP) is 2.72. The van der Waals surface area contributed by atoms with Crippen LogP contribution in [0, 0.1) is 6.92 Å². The minimum Gasteiger partial charge on any atom is -0.495 e. The summed E-state index contributed by atoms with van der Waals surface area (Å²) in [5.74, 6) is 0.253. The van der Waals surface area contributed by atoms with Crippen LogP contribution in [0.5, 0.6) is 5.75 Å². The van der Waals surface area contributed by atoms with Gasteiger partial charge < -0.3 is 4.74 Å². The molecule has 6 heteroatoms. The van der Waals surface area contributed by atoms with Crippen LogP contribution in [0.4, 0.5) is 8.78 Å². The molecule has 0 N–H and O–H groups in total. The number of ether oxygens (including phenoxy) is 1. The molecule has 0 aromatic carbocycles. The maximum atomic E-state index is 12.5. The van der Waals surface area contributed by atoms with Gasteiger partial charge in [0.1, 0.15) is 11.4 Å². The Morgan fingerprint density at radius 3 is 2.60 bits per heavy atom. The molecule has 0 unspecified atom stereocenters. The lowest BCUT2D eigenvalue weighted by atomic mass is 10.1. The highest BCUT2D eigenvalue weighted by molar-refractivity contribution is 6.68. The van der Waals surface area contributed by atoms with Gasteiger partial charge in [-0.05, 0) is 18.5 Å². The number of aromatic nitrogens is 1. The molecule has 0 fully saturated rings. The number of halogens is 3. The van der Waals surface area contributed by atoms with Gasteiger partial charge in [-0.1, -0.05) is 0 Å². The topological polar surface area (TPSA) is 39.2 Å². The Hall–Kier alpha value is -1.23. The molecule has 0 aliphatic carbocycles. The molecule has 0 spiro atoms. The van der Waals surface area contributed by atoms with Crippen LogP contribution in [-0.4, -0.2) is 17.3 Å². The first kappa shape index (κ1) is 11.8. The number of rotatable bonds is 3. The fraction of sp³-hybridized carbons (Fsp3) is 0.333. The minimum atomic E-state index is -2.84. The van der Waals surface area contributed by atoms with Crippen LogP contribution in [0.25, 0.3) is 0 Å². The molecule has 1 heterocycles. The lowest BCUT2D eigenvalue weighted by Gasteiger charge is -2.10. The van der Waals surface area contributed by atoms with Crippen molar-refractivity contribution in [3.8, 4) is 5.75 Å². The molecule has 1 aromatic heterocycles. The van der Waals surface area contributed by atoms with Gasteiger partial charge >= 0.3 is 0 Å². The zero-order valence-corrected chi connectivity index (χ0v) is 8.81. The average Bonchev–Trinajstić information content (AvgIpc) is 2.16. The zero-order chi connectivity index (χ0) is 11.6. The first-order valence-corrected chi connectivity index (χ1v) is 4.38. The van der Waals surface area contributed by atoms with E-state index in [1.165, 1.54) is 14.0 Å². The Morgan fingerprint density at radius 2 is 2.20 bits per heavy atom. The summed E-state index contributed by atoms with van der Waals surface area (Å²) in [6.07, 6.45) is -1.70. The van der Waals surface area contributed by atoms with Gasteiger partial charge in [0.15, 0.2) is 0 Å². The van der Waals surface area contributed by atoms with E-state index < -0.39 is 17.4 Å². The molecule has 0 saturated heterocycles. The number of pyridine rings is 1. The van der Waals surface area contributed by atoms with Gasteiger partial charge in [0.25, 0.3) is 11.7 Å². The van der Waals surface area contributed by atoms with Crippen LogP contribution >= 0.6 is 11.6 Å². The van der Waals surface area contributed by atoms with E-state index in [0.717, 1.165) is 6.20 Å². The Kier molecular flexibility index (Phi) is 3.57. The molecule has 0 aliphatic rings. The maximum Gasteiger partial charge on any atom is 0.281 e. The van der Waals surface area contributed by atoms with E-state index in [2.05, 4.69) is 4.98 Å². The molecule has 82 valence electrons. The molecule has 0 radical (unpaired) electrons. The van der Waals surface area contributed by atoms with Crippen molar-refractivity contribution < 1.29 is 18.3 Å². The number of methoxy groups -OCH3 is 1. The Morgan fingerprint density at radius 1 is 1.60 bits per heavy atom. The van der Waals surface area contributed by atoms with Crippen molar-refractivity contribution in [2.24, 2.45) is 0 Å². The molecule has 15 heavy (non-hydrogen) atoms. The van der Waals surface area contributed by atoms with E-state index in [1.807, 2.05) is 0 Å². The fourth-order valence-corrected chi connectivity index (χ4v) is 1.46. The summed E-state index contributed by atoms with van der Waals surface area (Å²) in [5.41, 5.74) is -0.637.